The van der Waals surface area contributed by atoms with E-state index >= 15 is 0 Å². The summed E-state index contributed by atoms with van der Waals surface area (Å²) in [6.07, 6.45) is 0. The Morgan fingerprint density at radius 2 is 1.81 bits per heavy atom. The van der Waals surface area contributed by atoms with E-state index in [1.165, 1.54) is 0 Å². The van der Waals surface area contributed by atoms with Gasteiger partial charge < -0.3 is 14.8 Å². The highest BCUT2D eigenvalue weighted by Gasteiger charge is 2.08. The molecule has 0 unspecified atom stereocenters. The maximum atomic E-state index is 5.30. The van der Waals surface area contributed by atoms with Crippen molar-refractivity contribution in [2.75, 3.05) is 19.5 Å². The molecule has 1 aromatic carbocycles. The van der Waals surface area contributed by atoms with E-state index in [9.17, 15) is 0 Å². The van der Waals surface area contributed by atoms with Crippen LogP contribution in [0.3, 0.4) is 0 Å². The summed E-state index contributed by atoms with van der Waals surface area (Å²) in [5.41, 5.74) is 2.79. The van der Waals surface area contributed by atoms with Crippen LogP contribution < -0.4 is 14.8 Å². The Morgan fingerprint density at radius 3 is 2.48 bits per heavy atom. The highest BCUT2D eigenvalue weighted by Crippen LogP contribution is 2.34. The van der Waals surface area contributed by atoms with E-state index in [0.29, 0.717) is 6.54 Å². The van der Waals surface area contributed by atoms with Gasteiger partial charge in [-0.25, -0.2) is 0 Å². The van der Waals surface area contributed by atoms with Crippen molar-refractivity contribution in [3.63, 3.8) is 0 Å². The molecule has 21 heavy (non-hydrogen) atoms. The topological polar surface area (TPSA) is 43.4 Å². The Bertz CT molecular complexity index is 648. The minimum atomic E-state index is 0.599. The number of ether oxygens (including phenoxy) is 2. The summed E-state index contributed by atoms with van der Waals surface area (Å²) in [4.78, 5) is 4.49. The minimum absolute atomic E-state index is 0.599. The molecular weight excluding hydrogens is 400 g/mol. The average Bonchev–Trinajstić information content (AvgIpc) is 2.45. The number of rotatable bonds is 5. The first kappa shape index (κ1) is 16.1. The zero-order valence-electron chi connectivity index (χ0n) is 12.0. The number of methoxy groups -OCH3 is 2. The van der Waals surface area contributed by atoms with Crippen molar-refractivity contribution in [2.24, 2.45) is 0 Å². The number of halogens is 2. The second-order valence-corrected chi connectivity index (χ2v) is 6.17. The Balaban J connectivity index is 2.18. The summed E-state index contributed by atoms with van der Waals surface area (Å²) < 4.78 is 12.4. The lowest BCUT2D eigenvalue weighted by atomic mass is 10.2. The van der Waals surface area contributed by atoms with E-state index in [4.69, 9.17) is 9.47 Å². The van der Waals surface area contributed by atoms with E-state index in [-0.39, 0.29) is 0 Å². The molecule has 1 heterocycles. The summed E-state index contributed by atoms with van der Waals surface area (Å²) >= 11 is 6.99. The molecular formula is C15H16Br2N2O2. The third-order valence-corrected chi connectivity index (χ3v) is 4.19. The predicted octanol–water partition coefficient (Wildman–Crippen LogP) is 4.54. The number of hydrogen-bond acceptors (Lipinski definition) is 4. The van der Waals surface area contributed by atoms with Crippen LogP contribution in [-0.2, 0) is 6.54 Å². The van der Waals surface area contributed by atoms with Gasteiger partial charge in [-0.05, 0) is 44.8 Å². The molecule has 0 aliphatic carbocycles. The number of benzene rings is 1. The largest absolute Gasteiger partial charge is 0.497 e. The third-order valence-electron chi connectivity index (χ3n) is 2.92. The SMILES string of the molecule is COc1cc(C)nc(CNc2cc(OC)c(Br)cc2Br)c1. The fraction of sp³-hybridized carbons (Fsp3) is 0.267. The molecule has 4 nitrogen and oxygen atoms in total. The van der Waals surface area contributed by atoms with Gasteiger partial charge in [0.05, 0.1) is 36.6 Å². The van der Waals surface area contributed by atoms with Crippen LogP contribution in [0.2, 0.25) is 0 Å². The van der Waals surface area contributed by atoms with Gasteiger partial charge in [0, 0.05) is 28.4 Å². The van der Waals surface area contributed by atoms with Crippen molar-refractivity contribution in [3.8, 4) is 11.5 Å². The number of hydrogen-bond donors (Lipinski definition) is 1. The lowest BCUT2D eigenvalue weighted by Crippen LogP contribution is -2.04. The summed E-state index contributed by atoms with van der Waals surface area (Å²) in [7, 11) is 3.30. The van der Waals surface area contributed by atoms with Crippen molar-refractivity contribution < 1.29 is 9.47 Å². The second-order valence-electron chi connectivity index (χ2n) is 4.46. The normalized spacial score (nSPS) is 10.3. The second kappa shape index (κ2) is 7.13. The standard InChI is InChI=1S/C15H16Br2N2O2/c1-9-4-11(20-2)5-10(19-9)8-18-14-7-15(21-3)13(17)6-12(14)16/h4-7,18H,8H2,1-3H3. The van der Waals surface area contributed by atoms with Gasteiger partial charge in [0.2, 0.25) is 0 Å². The van der Waals surface area contributed by atoms with Gasteiger partial charge >= 0.3 is 0 Å². The average molecular weight is 416 g/mol. The first-order chi connectivity index (χ1) is 10.0. The molecule has 0 aliphatic heterocycles. The Hall–Kier alpha value is -1.27. The molecule has 0 fully saturated rings. The summed E-state index contributed by atoms with van der Waals surface area (Å²) in [5.74, 6) is 1.59. The van der Waals surface area contributed by atoms with Crippen molar-refractivity contribution in [1.82, 2.24) is 4.98 Å². The molecule has 0 amide bonds. The zero-order valence-corrected chi connectivity index (χ0v) is 15.2. The molecule has 0 spiro atoms. The highest BCUT2D eigenvalue weighted by molar-refractivity contribution is 9.11. The van der Waals surface area contributed by atoms with Gasteiger partial charge in [0.15, 0.2) is 0 Å². The summed E-state index contributed by atoms with van der Waals surface area (Å²) in [5, 5.41) is 3.34. The van der Waals surface area contributed by atoms with Gasteiger partial charge in [0.1, 0.15) is 11.5 Å². The quantitative estimate of drug-likeness (QED) is 0.778. The fourth-order valence-electron chi connectivity index (χ4n) is 1.92. The van der Waals surface area contributed by atoms with Gasteiger partial charge in [-0.3, -0.25) is 4.98 Å². The number of nitrogens with zero attached hydrogens (tertiary/aromatic N) is 1. The number of anilines is 1. The molecule has 0 radical (unpaired) electrons. The first-order valence-electron chi connectivity index (χ1n) is 6.32. The van der Waals surface area contributed by atoms with E-state index in [2.05, 4.69) is 42.2 Å². The van der Waals surface area contributed by atoms with Crippen LogP contribution in [0.5, 0.6) is 11.5 Å². The monoisotopic (exact) mass is 414 g/mol. The first-order valence-corrected chi connectivity index (χ1v) is 7.90. The molecule has 1 aromatic heterocycles. The number of aromatic nitrogens is 1. The van der Waals surface area contributed by atoms with Crippen LogP contribution >= 0.6 is 31.9 Å². The van der Waals surface area contributed by atoms with Crippen LogP contribution in [0.25, 0.3) is 0 Å². The highest BCUT2D eigenvalue weighted by atomic mass is 79.9. The van der Waals surface area contributed by atoms with Crippen LogP contribution in [0, 0.1) is 6.92 Å². The summed E-state index contributed by atoms with van der Waals surface area (Å²) in [6.45, 7) is 2.55. The van der Waals surface area contributed by atoms with Crippen LogP contribution in [0.15, 0.2) is 33.2 Å². The lowest BCUT2D eigenvalue weighted by Gasteiger charge is -2.12. The van der Waals surface area contributed by atoms with Crippen LogP contribution in [-0.4, -0.2) is 19.2 Å². The lowest BCUT2D eigenvalue weighted by molar-refractivity contribution is 0.412. The van der Waals surface area contributed by atoms with Gasteiger partial charge in [-0.1, -0.05) is 0 Å². The maximum absolute atomic E-state index is 5.30. The van der Waals surface area contributed by atoms with E-state index in [1.54, 1.807) is 14.2 Å². The van der Waals surface area contributed by atoms with Crippen molar-refractivity contribution in [3.05, 3.63) is 44.6 Å². The Kier molecular flexibility index (Phi) is 5.47. The Labute approximate surface area is 141 Å². The molecule has 2 rings (SSSR count). The molecule has 0 saturated heterocycles. The van der Waals surface area contributed by atoms with Gasteiger partial charge in [0.25, 0.3) is 0 Å². The van der Waals surface area contributed by atoms with E-state index < -0.39 is 0 Å². The van der Waals surface area contributed by atoms with Crippen molar-refractivity contribution in [2.45, 2.75) is 13.5 Å². The van der Waals surface area contributed by atoms with Gasteiger partial charge in [-0.15, -0.1) is 0 Å². The van der Waals surface area contributed by atoms with Crippen molar-refractivity contribution in [1.29, 1.82) is 0 Å². The molecule has 6 heteroatoms. The van der Waals surface area contributed by atoms with E-state index in [0.717, 1.165) is 37.5 Å². The number of pyridine rings is 1. The van der Waals surface area contributed by atoms with Crippen molar-refractivity contribution >= 4 is 37.5 Å². The molecule has 1 N–H and O–H groups in total. The molecule has 0 atom stereocenters. The number of aryl methyl sites for hydroxylation is 1. The van der Waals surface area contributed by atoms with Crippen LogP contribution in [0.4, 0.5) is 5.69 Å². The molecule has 0 aliphatic rings. The fourth-order valence-corrected chi connectivity index (χ4v) is 3.21. The van der Waals surface area contributed by atoms with Crippen LogP contribution in [0.1, 0.15) is 11.4 Å². The molecule has 112 valence electrons. The maximum Gasteiger partial charge on any atom is 0.135 e. The summed E-state index contributed by atoms with van der Waals surface area (Å²) in [6, 6.07) is 7.71. The van der Waals surface area contributed by atoms with Gasteiger partial charge in [-0.2, -0.15) is 0 Å². The molecule has 0 bridgehead atoms. The minimum Gasteiger partial charge on any atom is -0.497 e. The van der Waals surface area contributed by atoms with E-state index in [1.807, 2.05) is 31.2 Å². The smallest absolute Gasteiger partial charge is 0.135 e. The third kappa shape index (κ3) is 4.11. The molecule has 0 saturated carbocycles. The molecule has 2 aromatic rings. The Morgan fingerprint density at radius 1 is 1.05 bits per heavy atom. The number of nitrogens with one attached hydrogen (secondary N) is 1. The zero-order chi connectivity index (χ0) is 15.4. The predicted molar refractivity (Wildman–Crippen MR) is 91.2 cm³/mol.